The van der Waals surface area contributed by atoms with Gasteiger partial charge in [-0.1, -0.05) is 23.2 Å². The molecule has 0 saturated heterocycles. The van der Waals surface area contributed by atoms with Gasteiger partial charge in [0.05, 0.1) is 12.8 Å². The standard InChI is InChI=1S/C16H16ClN3O2/c1-11-2-7-15(21)12(8-11)9-19-20-16(22)10-18-14-5-3-13(17)4-6-14/h2-9,18,21H,10H2,1H3,(H,20,22)/b19-9-. The minimum Gasteiger partial charge on any atom is -0.507 e. The summed E-state index contributed by atoms with van der Waals surface area (Å²) in [6.45, 7) is 1.99. The highest BCUT2D eigenvalue weighted by molar-refractivity contribution is 6.30. The molecule has 0 spiro atoms. The summed E-state index contributed by atoms with van der Waals surface area (Å²) in [6, 6.07) is 12.2. The predicted molar refractivity (Wildman–Crippen MR) is 88.5 cm³/mol. The van der Waals surface area contributed by atoms with E-state index < -0.39 is 0 Å². The molecular formula is C16H16ClN3O2. The summed E-state index contributed by atoms with van der Waals surface area (Å²) in [7, 11) is 0. The van der Waals surface area contributed by atoms with Crippen molar-refractivity contribution in [1.29, 1.82) is 0 Å². The van der Waals surface area contributed by atoms with Crippen LogP contribution in [0.3, 0.4) is 0 Å². The fourth-order valence-electron chi connectivity index (χ4n) is 1.74. The molecule has 0 atom stereocenters. The highest BCUT2D eigenvalue weighted by Crippen LogP contribution is 2.15. The summed E-state index contributed by atoms with van der Waals surface area (Å²) >= 11 is 5.78. The lowest BCUT2D eigenvalue weighted by Gasteiger charge is -2.05. The number of nitrogens with zero attached hydrogens (tertiary/aromatic N) is 1. The molecule has 2 aromatic rings. The van der Waals surface area contributed by atoms with E-state index in [0.29, 0.717) is 10.6 Å². The normalized spacial score (nSPS) is 10.6. The smallest absolute Gasteiger partial charge is 0.259 e. The van der Waals surface area contributed by atoms with Crippen LogP contribution >= 0.6 is 11.6 Å². The zero-order valence-corrected chi connectivity index (χ0v) is 12.8. The van der Waals surface area contributed by atoms with Gasteiger partial charge in [-0.05, 0) is 43.3 Å². The maximum absolute atomic E-state index is 11.6. The summed E-state index contributed by atoms with van der Waals surface area (Å²) in [4.78, 5) is 11.6. The number of aryl methyl sites for hydroxylation is 1. The molecule has 2 rings (SSSR count). The number of nitrogens with one attached hydrogen (secondary N) is 2. The minimum atomic E-state index is -0.293. The van der Waals surface area contributed by atoms with Crippen LogP contribution in [0.15, 0.2) is 47.6 Å². The Labute approximate surface area is 133 Å². The Hall–Kier alpha value is -2.53. The molecule has 0 fully saturated rings. The fraction of sp³-hybridized carbons (Fsp3) is 0.125. The Morgan fingerprint density at radius 2 is 2.00 bits per heavy atom. The maximum atomic E-state index is 11.6. The van der Waals surface area contributed by atoms with Gasteiger partial charge in [-0.2, -0.15) is 5.10 Å². The summed E-state index contributed by atoms with van der Waals surface area (Å²) in [5, 5.41) is 17.1. The third-order valence-electron chi connectivity index (χ3n) is 2.87. The van der Waals surface area contributed by atoms with Crippen LogP contribution < -0.4 is 10.7 Å². The fourth-order valence-corrected chi connectivity index (χ4v) is 1.87. The number of aromatic hydroxyl groups is 1. The average Bonchev–Trinajstić information content (AvgIpc) is 2.50. The molecule has 22 heavy (non-hydrogen) atoms. The lowest BCUT2D eigenvalue weighted by atomic mass is 10.1. The molecule has 5 nitrogen and oxygen atoms in total. The number of carbonyl (C=O) groups excluding carboxylic acids is 1. The van der Waals surface area contributed by atoms with Gasteiger partial charge in [0.25, 0.3) is 5.91 Å². The molecule has 0 radical (unpaired) electrons. The van der Waals surface area contributed by atoms with E-state index in [1.807, 2.05) is 6.92 Å². The van der Waals surface area contributed by atoms with Crippen molar-refractivity contribution >= 4 is 29.4 Å². The van der Waals surface area contributed by atoms with Crippen molar-refractivity contribution in [3.63, 3.8) is 0 Å². The van der Waals surface area contributed by atoms with Gasteiger partial charge >= 0.3 is 0 Å². The largest absolute Gasteiger partial charge is 0.507 e. The van der Waals surface area contributed by atoms with Crippen LogP contribution in [-0.4, -0.2) is 23.8 Å². The molecule has 0 aliphatic heterocycles. The highest BCUT2D eigenvalue weighted by atomic mass is 35.5. The van der Waals surface area contributed by atoms with Gasteiger partial charge in [0.2, 0.25) is 0 Å². The second-order valence-electron chi connectivity index (χ2n) is 4.72. The van der Waals surface area contributed by atoms with Gasteiger partial charge < -0.3 is 10.4 Å². The van der Waals surface area contributed by atoms with E-state index in [-0.39, 0.29) is 18.2 Å². The molecule has 1 amide bonds. The third kappa shape index (κ3) is 4.79. The summed E-state index contributed by atoms with van der Waals surface area (Å²) in [5.41, 5.74) is 4.72. The third-order valence-corrected chi connectivity index (χ3v) is 3.13. The topological polar surface area (TPSA) is 73.7 Å². The SMILES string of the molecule is Cc1ccc(O)c(/C=N\NC(=O)CNc2ccc(Cl)cc2)c1. The van der Waals surface area contributed by atoms with Gasteiger partial charge in [-0.25, -0.2) is 5.43 Å². The molecular weight excluding hydrogens is 302 g/mol. The van der Waals surface area contributed by atoms with E-state index in [0.717, 1.165) is 11.3 Å². The number of hydrogen-bond donors (Lipinski definition) is 3. The number of hydrogen-bond acceptors (Lipinski definition) is 4. The van der Waals surface area contributed by atoms with E-state index >= 15 is 0 Å². The molecule has 0 bridgehead atoms. The first-order valence-corrected chi connectivity index (χ1v) is 7.03. The predicted octanol–water partition coefficient (Wildman–Crippen LogP) is 2.92. The van der Waals surface area contributed by atoms with E-state index in [1.165, 1.54) is 6.21 Å². The van der Waals surface area contributed by atoms with Crippen LogP contribution in [0.4, 0.5) is 5.69 Å². The quantitative estimate of drug-likeness (QED) is 0.586. The molecule has 6 heteroatoms. The Kier molecular flexibility index (Phi) is 5.38. The van der Waals surface area contributed by atoms with Crippen molar-refractivity contribution < 1.29 is 9.90 Å². The number of hydrazone groups is 1. The molecule has 2 aromatic carbocycles. The summed E-state index contributed by atoms with van der Waals surface area (Å²) in [6.07, 6.45) is 1.41. The zero-order chi connectivity index (χ0) is 15.9. The minimum absolute atomic E-state index is 0.0821. The van der Waals surface area contributed by atoms with Gasteiger partial charge in [-0.15, -0.1) is 0 Å². The Morgan fingerprint density at radius 1 is 1.27 bits per heavy atom. The molecule has 114 valence electrons. The average molecular weight is 318 g/mol. The number of phenols is 1. The second kappa shape index (κ2) is 7.47. The molecule has 0 aromatic heterocycles. The van der Waals surface area contributed by atoms with Crippen molar-refractivity contribution in [1.82, 2.24) is 5.43 Å². The first-order chi connectivity index (χ1) is 10.5. The molecule has 0 heterocycles. The lowest BCUT2D eigenvalue weighted by Crippen LogP contribution is -2.25. The van der Waals surface area contributed by atoms with E-state index in [2.05, 4.69) is 15.8 Å². The number of rotatable bonds is 5. The van der Waals surface area contributed by atoms with Crippen LogP contribution in [-0.2, 0) is 4.79 Å². The monoisotopic (exact) mass is 317 g/mol. The Morgan fingerprint density at radius 3 is 2.73 bits per heavy atom. The lowest BCUT2D eigenvalue weighted by molar-refractivity contribution is -0.119. The number of halogens is 1. The van der Waals surface area contributed by atoms with Gasteiger partial charge in [0.1, 0.15) is 5.75 Å². The molecule has 0 saturated carbocycles. The van der Waals surface area contributed by atoms with Crippen molar-refractivity contribution in [2.45, 2.75) is 6.92 Å². The van der Waals surface area contributed by atoms with Gasteiger partial charge in [-0.3, -0.25) is 4.79 Å². The zero-order valence-electron chi connectivity index (χ0n) is 12.0. The second-order valence-corrected chi connectivity index (χ2v) is 5.15. The van der Waals surface area contributed by atoms with Gasteiger partial charge in [0, 0.05) is 16.3 Å². The summed E-state index contributed by atoms with van der Waals surface area (Å²) < 4.78 is 0. The number of benzene rings is 2. The van der Waals surface area contributed by atoms with E-state index in [1.54, 1.807) is 42.5 Å². The van der Waals surface area contributed by atoms with Crippen LogP contribution in [0.5, 0.6) is 5.75 Å². The van der Waals surface area contributed by atoms with Crippen molar-refractivity contribution in [3.8, 4) is 5.75 Å². The van der Waals surface area contributed by atoms with Crippen molar-refractivity contribution in [2.24, 2.45) is 5.10 Å². The first-order valence-electron chi connectivity index (χ1n) is 6.65. The Balaban J connectivity index is 1.83. The molecule has 0 unspecified atom stereocenters. The van der Waals surface area contributed by atoms with Crippen LogP contribution in [0, 0.1) is 6.92 Å². The van der Waals surface area contributed by atoms with Gasteiger partial charge in [0.15, 0.2) is 0 Å². The van der Waals surface area contributed by atoms with Crippen LogP contribution in [0.2, 0.25) is 5.02 Å². The van der Waals surface area contributed by atoms with Crippen molar-refractivity contribution in [2.75, 3.05) is 11.9 Å². The van der Waals surface area contributed by atoms with E-state index in [4.69, 9.17) is 11.6 Å². The molecule has 3 N–H and O–H groups in total. The highest BCUT2D eigenvalue weighted by Gasteiger charge is 2.01. The number of amides is 1. The Bertz CT molecular complexity index is 684. The number of carbonyl (C=O) groups is 1. The number of phenolic OH excluding ortho intramolecular Hbond substituents is 1. The molecule has 0 aliphatic carbocycles. The first kappa shape index (κ1) is 15.9. The van der Waals surface area contributed by atoms with Crippen LogP contribution in [0.1, 0.15) is 11.1 Å². The summed E-state index contributed by atoms with van der Waals surface area (Å²) in [5.74, 6) is -0.179. The molecule has 0 aliphatic rings. The maximum Gasteiger partial charge on any atom is 0.259 e. The number of anilines is 1. The van der Waals surface area contributed by atoms with Crippen LogP contribution in [0.25, 0.3) is 0 Å². The van der Waals surface area contributed by atoms with E-state index in [9.17, 15) is 9.90 Å². The van der Waals surface area contributed by atoms with Crippen molar-refractivity contribution in [3.05, 3.63) is 58.6 Å².